The van der Waals surface area contributed by atoms with Crippen molar-refractivity contribution in [1.82, 2.24) is 21.3 Å². The largest absolute Gasteiger partial charge is 0.449 e. The molecule has 0 aromatic heterocycles. The molecule has 0 aromatic rings. The van der Waals surface area contributed by atoms with Crippen molar-refractivity contribution < 1.29 is 19.0 Å². The summed E-state index contributed by atoms with van der Waals surface area (Å²) < 4.78 is 16.7. The minimum atomic E-state index is -0.286. The number of cyclic esters (lactones) is 1. The van der Waals surface area contributed by atoms with Gasteiger partial charge < -0.3 is 35.5 Å². The van der Waals surface area contributed by atoms with Gasteiger partial charge in [0.15, 0.2) is 0 Å². The highest BCUT2D eigenvalue weighted by Gasteiger charge is 2.61. The number of hydrogen-bond donors (Lipinski definition) is 4. The summed E-state index contributed by atoms with van der Waals surface area (Å²) >= 11 is 0. The third-order valence-corrected chi connectivity index (χ3v) is 30.7. The number of rotatable bonds is 0. The highest BCUT2D eigenvalue weighted by molar-refractivity contribution is 5.69. The van der Waals surface area contributed by atoms with Crippen molar-refractivity contribution in [2.45, 2.75) is 531 Å². The number of carbonyl (C=O) groups is 1. The van der Waals surface area contributed by atoms with Gasteiger partial charge in [0.1, 0.15) is 0 Å². The number of ether oxygens (including phenoxy) is 3. The maximum atomic E-state index is 11.4. The molecule has 0 spiro atoms. The lowest BCUT2D eigenvalue weighted by Gasteiger charge is -2.60. The first-order chi connectivity index (χ1) is 53.1. The monoisotopic (exact) mass is 1690 g/mol. The molecule has 8 heteroatoms. The van der Waals surface area contributed by atoms with Gasteiger partial charge in [-0.25, -0.2) is 4.79 Å². The molecule has 0 radical (unpaired) electrons. The summed E-state index contributed by atoms with van der Waals surface area (Å²) in [6.45, 7) is 155. The lowest BCUT2D eigenvalue weighted by Crippen LogP contribution is -2.67. The van der Waals surface area contributed by atoms with Crippen molar-refractivity contribution in [3.05, 3.63) is 0 Å². The molecule has 6 saturated heterocycles. The maximum absolute atomic E-state index is 11.4. The molecule has 1 amide bonds. The number of nitrogens with one attached hydrogen (secondary N) is 4. The first-order valence-corrected chi connectivity index (χ1v) is 50.3. The Morgan fingerprint density at radius 3 is 0.597 bits per heavy atom. The fourth-order valence-corrected chi connectivity index (χ4v) is 23.7. The molecule has 0 bridgehead atoms. The number of piperidine rings is 1. The quantitative estimate of drug-likeness (QED) is 0.192. The SMILES string of the molecule is CC.CC.CC.CC.CC.CC.CC.CC.CC(C)(C)C1(C(C)(C)C)CC1.CC(C)(C)C1(C(C)(C)C)CCC1.CC(C)(C)C1(C(C)(C)C)CCCO1.CC(C)(C)C1(C(C)(C)C)CCNC1.CC(C)(C)C1(C(C)(C)C)CCNCC1.CC(C)(C)C1(C(C)(C)C)CCOC(=O)N1.CC(C)(C)C1(C(C)(C)C)CCOC1.CC(C)(C)C1(C(C)(C)C)CNC1. The lowest BCUT2D eigenvalue weighted by molar-refractivity contribution is -0.148. The predicted molar refractivity (Wildman–Crippen MR) is 547 cm³/mol. The highest BCUT2D eigenvalue weighted by atomic mass is 16.6. The van der Waals surface area contributed by atoms with Crippen molar-refractivity contribution in [3.63, 3.8) is 0 Å². The molecule has 119 heavy (non-hydrogen) atoms. The van der Waals surface area contributed by atoms with Crippen LogP contribution in [0.2, 0.25) is 0 Å². The van der Waals surface area contributed by atoms with Gasteiger partial charge in [-0.05, 0) is 192 Å². The van der Waals surface area contributed by atoms with Crippen molar-refractivity contribution in [2.75, 3.05) is 65.7 Å². The molecule has 0 aromatic carbocycles. The maximum Gasteiger partial charge on any atom is 0.407 e. The van der Waals surface area contributed by atoms with E-state index in [2.05, 4.69) is 354 Å². The van der Waals surface area contributed by atoms with Gasteiger partial charge in [-0.15, -0.1) is 0 Å². The summed E-state index contributed by atoms with van der Waals surface area (Å²) in [4.78, 5) is 11.4. The van der Waals surface area contributed by atoms with E-state index >= 15 is 0 Å². The number of carbonyl (C=O) groups excluding carboxylic acids is 1. The molecule has 8 aliphatic rings. The summed E-state index contributed by atoms with van der Waals surface area (Å²) in [5.41, 5.74) is 8.43. The minimum Gasteiger partial charge on any atom is -0.449 e. The lowest BCUT2D eigenvalue weighted by atomic mass is 9.45. The van der Waals surface area contributed by atoms with E-state index in [-0.39, 0.29) is 38.9 Å². The first-order valence-electron chi connectivity index (χ1n) is 50.3. The standard InChI is InChI=1S/C13H27N.C12H23NO2.C12H25N.2C12H24O.C12H24.C11H23N.C11H22.8C2H6/c1-11(2,3)13(12(4,5)6)7-9-14-10-8-13;1-10(2,3)12(11(4,5)6)7-8-15-9(14)13-12;2*1-10(2,3)12(11(4,5)6)7-8-13-9-12;1-10(2,3)12(11(4,5)6)8-7-9-13-12;1-10(2,3)12(8-7-9-12)11(4,5)6;1-9(2,3)11(7-12-8-11)10(4,5)6;1-9(2,3)11(7-8-11)10(4,5)6;8*1-2/h14H,7-10H2,1-6H3;7-8H2,1-6H3,(H,13,14);13H,7-9H2,1-6H3;2*7-9H2,1-6H3;7-9H2,1-6H3;12H,7-8H2,1-6H3;7-8H2,1-6H3;8*1-2H3. The molecule has 6 aliphatic heterocycles. The van der Waals surface area contributed by atoms with Crippen LogP contribution in [-0.2, 0) is 14.2 Å². The van der Waals surface area contributed by atoms with Crippen LogP contribution in [-0.4, -0.2) is 82.9 Å². The zero-order chi connectivity index (χ0) is 98.1. The molecule has 8 rings (SSSR count). The molecule has 6 heterocycles. The first kappa shape index (κ1) is 134. The van der Waals surface area contributed by atoms with Crippen LogP contribution in [0.5, 0.6) is 0 Å². The second kappa shape index (κ2) is 51.5. The topological polar surface area (TPSA) is 92.9 Å². The van der Waals surface area contributed by atoms with E-state index in [1.54, 1.807) is 0 Å². The van der Waals surface area contributed by atoms with Gasteiger partial charge in [0.05, 0.1) is 24.4 Å². The van der Waals surface area contributed by atoms with Crippen molar-refractivity contribution >= 4 is 6.09 Å². The molecule has 728 valence electrons. The van der Waals surface area contributed by atoms with Gasteiger partial charge in [0.2, 0.25) is 0 Å². The van der Waals surface area contributed by atoms with E-state index < -0.39 is 0 Å². The predicted octanol–water partition coefficient (Wildman–Crippen LogP) is 35.6. The van der Waals surface area contributed by atoms with Crippen molar-refractivity contribution in [3.8, 4) is 0 Å². The fraction of sp³-hybridized carbons (Fsp3) is 0.991. The van der Waals surface area contributed by atoms with E-state index in [0.717, 1.165) is 26.2 Å². The van der Waals surface area contributed by atoms with Crippen LogP contribution in [0.25, 0.3) is 0 Å². The van der Waals surface area contributed by atoms with Crippen LogP contribution in [0.4, 0.5) is 4.79 Å². The van der Waals surface area contributed by atoms with Crippen LogP contribution in [0, 0.1) is 119 Å². The van der Waals surface area contributed by atoms with E-state index in [9.17, 15) is 4.79 Å². The number of hydrogen-bond acceptors (Lipinski definition) is 7. The van der Waals surface area contributed by atoms with E-state index in [0.29, 0.717) is 104 Å². The Labute approximate surface area is 758 Å². The molecule has 0 atom stereocenters. The van der Waals surface area contributed by atoms with Crippen molar-refractivity contribution in [2.24, 2.45) is 119 Å². The summed E-state index contributed by atoms with van der Waals surface area (Å²) in [5, 5.41) is 13.5. The highest BCUT2D eigenvalue weighted by Crippen LogP contribution is 2.68. The molecule has 8 fully saturated rings. The van der Waals surface area contributed by atoms with E-state index in [1.165, 1.54) is 110 Å². The number of alkyl carbamates (subject to hydrolysis) is 1. The Balaban J connectivity index is -0.000000192. The zero-order valence-electron chi connectivity index (χ0n) is 95.7. The third-order valence-electron chi connectivity index (χ3n) is 30.7. The summed E-state index contributed by atoms with van der Waals surface area (Å²) in [6.07, 6.45) is 15.3. The van der Waals surface area contributed by atoms with Crippen LogP contribution in [0.3, 0.4) is 0 Å². The molecule has 4 N–H and O–H groups in total. The zero-order valence-corrected chi connectivity index (χ0v) is 95.7. The van der Waals surface area contributed by atoms with Gasteiger partial charge in [-0.2, -0.15) is 0 Å². The van der Waals surface area contributed by atoms with E-state index in [1.807, 2.05) is 111 Å². The third kappa shape index (κ3) is 34.1. The normalized spacial score (nSPS) is 20.6. The van der Waals surface area contributed by atoms with Crippen LogP contribution >= 0.6 is 0 Å². The van der Waals surface area contributed by atoms with Crippen LogP contribution in [0.15, 0.2) is 0 Å². The van der Waals surface area contributed by atoms with Gasteiger partial charge >= 0.3 is 6.09 Å². The van der Waals surface area contributed by atoms with Crippen LogP contribution in [0.1, 0.15) is 520 Å². The Hall–Kier alpha value is -0.930. The second-order valence-electron chi connectivity index (χ2n) is 51.1. The van der Waals surface area contributed by atoms with E-state index in [4.69, 9.17) is 14.2 Å². The molecule has 8 nitrogen and oxygen atoms in total. The average Bonchev–Trinajstić information content (AvgIpc) is 0.864. The number of amides is 1. The van der Waals surface area contributed by atoms with Gasteiger partial charge in [-0.3, -0.25) is 0 Å². The molecule has 2 saturated carbocycles. The van der Waals surface area contributed by atoms with Gasteiger partial charge in [-0.1, -0.05) is 450 Å². The summed E-state index contributed by atoms with van der Waals surface area (Å²) in [6, 6.07) is 0. The van der Waals surface area contributed by atoms with Crippen molar-refractivity contribution in [1.29, 1.82) is 0 Å². The second-order valence-corrected chi connectivity index (χ2v) is 51.1. The smallest absolute Gasteiger partial charge is 0.407 e. The fourth-order valence-electron chi connectivity index (χ4n) is 23.7. The molecular formula is C111H240N4O4. The Bertz CT molecular complexity index is 2250. The molecule has 2 aliphatic carbocycles. The van der Waals surface area contributed by atoms with Gasteiger partial charge in [0, 0.05) is 50.1 Å². The Morgan fingerprint density at radius 1 is 0.227 bits per heavy atom. The minimum absolute atomic E-state index is 0.0185. The van der Waals surface area contributed by atoms with Crippen LogP contribution < -0.4 is 21.3 Å². The summed E-state index contributed by atoms with van der Waals surface area (Å²) in [7, 11) is 0. The summed E-state index contributed by atoms with van der Waals surface area (Å²) in [5.74, 6) is 0. The van der Waals surface area contributed by atoms with Gasteiger partial charge in [0.25, 0.3) is 0 Å². The molecular weight excluding hydrogens is 1450 g/mol. The average molecular weight is 1700 g/mol. The Morgan fingerprint density at radius 2 is 0.487 bits per heavy atom. The Kier molecular flexibility index (Phi) is 57.8. The molecule has 0 unspecified atom stereocenters.